The van der Waals surface area contributed by atoms with Crippen LogP contribution in [-0.4, -0.2) is 40.9 Å². The van der Waals surface area contributed by atoms with Crippen LogP contribution in [0.5, 0.6) is 0 Å². The molecule has 1 aromatic rings. The average molecular weight is 297 g/mol. The molecule has 110 valence electrons. The van der Waals surface area contributed by atoms with E-state index in [2.05, 4.69) is 0 Å². The summed E-state index contributed by atoms with van der Waals surface area (Å²) in [4.78, 5) is 14.7. The summed E-state index contributed by atoms with van der Waals surface area (Å²) in [6.45, 7) is 0. The zero-order valence-corrected chi connectivity index (χ0v) is 12.4. The van der Waals surface area contributed by atoms with E-state index < -0.39 is 6.10 Å². The molecular weight excluding hydrogens is 277 g/mol. The highest BCUT2D eigenvalue weighted by atomic mass is 32.2. The zero-order chi connectivity index (χ0) is 14.5. The van der Waals surface area contributed by atoms with Gasteiger partial charge in [0, 0.05) is 11.9 Å². The number of amides is 1. The molecule has 2 unspecified atom stereocenters. The van der Waals surface area contributed by atoms with Crippen molar-refractivity contribution in [2.24, 2.45) is 0 Å². The molecule has 5 heteroatoms. The van der Waals surface area contributed by atoms with Crippen LogP contribution in [0.4, 0.5) is 4.39 Å². The number of hydrogen-bond donors (Lipinski definition) is 1. The molecule has 2 rings (SSSR count). The largest absolute Gasteiger partial charge is 0.391 e. The summed E-state index contributed by atoms with van der Waals surface area (Å²) in [7, 11) is 1.76. The molecule has 1 fully saturated rings. The molecular formula is C15H20FNO2S. The molecule has 1 aliphatic rings. The fraction of sp³-hybridized carbons (Fsp3) is 0.533. The molecule has 2 atom stereocenters. The van der Waals surface area contributed by atoms with Crippen molar-refractivity contribution in [3.8, 4) is 0 Å². The molecule has 3 nitrogen and oxygen atoms in total. The number of aliphatic hydroxyl groups excluding tert-OH is 1. The number of likely N-dealkylation sites (N-methyl/N-ethyl adjacent to an activating group) is 1. The van der Waals surface area contributed by atoms with Crippen LogP contribution >= 0.6 is 11.8 Å². The van der Waals surface area contributed by atoms with Crippen molar-refractivity contribution in [3.63, 3.8) is 0 Å². The number of thioether (sulfide) groups is 1. The van der Waals surface area contributed by atoms with Gasteiger partial charge in [0.2, 0.25) is 5.91 Å². The van der Waals surface area contributed by atoms with Gasteiger partial charge in [-0.15, -0.1) is 11.8 Å². The number of aliphatic hydroxyl groups is 1. The maximum Gasteiger partial charge on any atom is 0.233 e. The van der Waals surface area contributed by atoms with Crippen molar-refractivity contribution >= 4 is 17.7 Å². The maximum atomic E-state index is 12.8. The lowest BCUT2D eigenvalue weighted by Crippen LogP contribution is -2.46. The Bertz CT molecular complexity index is 452. The van der Waals surface area contributed by atoms with Crippen LogP contribution in [-0.2, 0) is 4.79 Å². The van der Waals surface area contributed by atoms with Gasteiger partial charge in [-0.3, -0.25) is 4.79 Å². The molecule has 0 aliphatic heterocycles. The van der Waals surface area contributed by atoms with Crippen molar-refractivity contribution in [2.45, 2.75) is 42.7 Å². The van der Waals surface area contributed by atoms with Crippen LogP contribution in [0.2, 0.25) is 0 Å². The number of rotatable bonds is 4. The van der Waals surface area contributed by atoms with E-state index in [1.165, 1.54) is 23.9 Å². The number of nitrogens with zero attached hydrogens (tertiary/aromatic N) is 1. The third-order valence-electron chi connectivity index (χ3n) is 3.76. The summed E-state index contributed by atoms with van der Waals surface area (Å²) in [5.74, 6) is 0.0409. The number of carbonyl (C=O) groups excluding carboxylic acids is 1. The van der Waals surface area contributed by atoms with Crippen molar-refractivity contribution in [1.82, 2.24) is 4.90 Å². The zero-order valence-electron chi connectivity index (χ0n) is 11.6. The minimum Gasteiger partial charge on any atom is -0.391 e. The van der Waals surface area contributed by atoms with Crippen LogP contribution in [0.25, 0.3) is 0 Å². The average Bonchev–Trinajstić information content (AvgIpc) is 2.46. The molecule has 1 aliphatic carbocycles. The third-order valence-corrected chi connectivity index (χ3v) is 4.76. The molecule has 1 amide bonds. The van der Waals surface area contributed by atoms with Crippen molar-refractivity contribution in [2.75, 3.05) is 12.8 Å². The predicted octanol–water partition coefficient (Wildman–Crippen LogP) is 2.68. The summed E-state index contributed by atoms with van der Waals surface area (Å²) in [6.07, 6.45) is 3.32. The molecule has 0 saturated heterocycles. The van der Waals surface area contributed by atoms with E-state index in [4.69, 9.17) is 0 Å². The van der Waals surface area contributed by atoms with Gasteiger partial charge >= 0.3 is 0 Å². The Morgan fingerprint density at radius 3 is 2.65 bits per heavy atom. The minimum absolute atomic E-state index is 0.00488. The topological polar surface area (TPSA) is 40.5 Å². The van der Waals surface area contributed by atoms with Crippen LogP contribution in [0.15, 0.2) is 29.2 Å². The molecule has 1 aromatic carbocycles. The molecule has 20 heavy (non-hydrogen) atoms. The molecule has 0 spiro atoms. The van der Waals surface area contributed by atoms with Gasteiger partial charge in [-0.25, -0.2) is 4.39 Å². The molecule has 0 aromatic heterocycles. The van der Waals surface area contributed by atoms with Crippen LogP contribution in [0, 0.1) is 5.82 Å². The highest BCUT2D eigenvalue weighted by Gasteiger charge is 2.29. The second kappa shape index (κ2) is 7.09. The van der Waals surface area contributed by atoms with E-state index in [9.17, 15) is 14.3 Å². The van der Waals surface area contributed by atoms with Gasteiger partial charge in [0.25, 0.3) is 0 Å². The number of carbonyl (C=O) groups is 1. The van der Waals surface area contributed by atoms with Gasteiger partial charge < -0.3 is 10.0 Å². The summed E-state index contributed by atoms with van der Waals surface area (Å²) in [6, 6.07) is 6.05. The Morgan fingerprint density at radius 1 is 1.35 bits per heavy atom. The highest BCUT2D eigenvalue weighted by molar-refractivity contribution is 8.00. The van der Waals surface area contributed by atoms with Gasteiger partial charge in [0.15, 0.2) is 0 Å². The number of benzene rings is 1. The standard InChI is InChI=1S/C15H20FNO2S/c1-17(13-4-2-3-5-14(13)18)15(19)10-20-12-8-6-11(16)7-9-12/h6-9,13-14,18H,2-5,10H2,1H3. The Balaban J connectivity index is 1.86. The predicted molar refractivity (Wildman–Crippen MR) is 78.2 cm³/mol. The lowest BCUT2D eigenvalue weighted by molar-refractivity contribution is -0.132. The second-order valence-electron chi connectivity index (χ2n) is 5.17. The Labute approximate surface area is 123 Å². The first-order valence-corrected chi connectivity index (χ1v) is 7.88. The van der Waals surface area contributed by atoms with Crippen molar-refractivity contribution in [1.29, 1.82) is 0 Å². The first-order chi connectivity index (χ1) is 9.58. The van der Waals surface area contributed by atoms with Gasteiger partial charge in [-0.05, 0) is 37.1 Å². The molecule has 0 heterocycles. The SMILES string of the molecule is CN(C(=O)CSc1ccc(F)cc1)C1CCCCC1O. The fourth-order valence-electron chi connectivity index (χ4n) is 2.51. The van der Waals surface area contributed by atoms with Gasteiger partial charge in [0.1, 0.15) is 5.82 Å². The fourth-order valence-corrected chi connectivity index (χ4v) is 3.33. The van der Waals surface area contributed by atoms with Crippen LogP contribution in [0.1, 0.15) is 25.7 Å². The highest BCUT2D eigenvalue weighted by Crippen LogP contribution is 2.24. The summed E-state index contributed by atoms with van der Waals surface area (Å²) >= 11 is 1.39. The van der Waals surface area contributed by atoms with Crippen molar-refractivity contribution < 1.29 is 14.3 Å². The summed E-state index contributed by atoms with van der Waals surface area (Å²) in [5, 5.41) is 9.96. The molecule has 1 saturated carbocycles. The summed E-state index contributed by atoms with van der Waals surface area (Å²) in [5.41, 5.74) is 0. The van der Waals surface area contributed by atoms with Crippen LogP contribution < -0.4 is 0 Å². The van der Waals surface area contributed by atoms with Crippen molar-refractivity contribution in [3.05, 3.63) is 30.1 Å². The first kappa shape index (κ1) is 15.3. The quantitative estimate of drug-likeness (QED) is 0.869. The first-order valence-electron chi connectivity index (χ1n) is 6.90. The smallest absolute Gasteiger partial charge is 0.233 e. The van der Waals surface area contributed by atoms with E-state index in [-0.39, 0.29) is 17.8 Å². The maximum absolute atomic E-state index is 12.8. The second-order valence-corrected chi connectivity index (χ2v) is 6.22. The Kier molecular flexibility index (Phi) is 5.43. The third kappa shape index (κ3) is 3.96. The number of hydrogen-bond acceptors (Lipinski definition) is 3. The van der Waals surface area contributed by atoms with E-state index in [1.54, 1.807) is 24.1 Å². The summed E-state index contributed by atoms with van der Waals surface area (Å²) < 4.78 is 12.8. The molecule has 0 radical (unpaired) electrons. The number of halogens is 1. The molecule has 1 N–H and O–H groups in total. The van der Waals surface area contributed by atoms with Gasteiger partial charge in [0.05, 0.1) is 17.9 Å². The lowest BCUT2D eigenvalue weighted by atomic mass is 9.91. The van der Waals surface area contributed by atoms with Gasteiger partial charge in [-0.2, -0.15) is 0 Å². The van der Waals surface area contributed by atoms with E-state index in [0.717, 1.165) is 30.6 Å². The van der Waals surface area contributed by atoms with E-state index in [1.807, 2.05) is 0 Å². The normalized spacial score (nSPS) is 22.6. The minimum atomic E-state index is -0.409. The van der Waals surface area contributed by atoms with Crippen LogP contribution in [0.3, 0.4) is 0 Å². The monoisotopic (exact) mass is 297 g/mol. The Morgan fingerprint density at radius 2 is 2.00 bits per heavy atom. The van der Waals surface area contributed by atoms with Gasteiger partial charge in [-0.1, -0.05) is 12.8 Å². The van der Waals surface area contributed by atoms with E-state index in [0.29, 0.717) is 5.75 Å². The Hall–Kier alpha value is -1.07. The lowest BCUT2D eigenvalue weighted by Gasteiger charge is -2.35. The van der Waals surface area contributed by atoms with E-state index >= 15 is 0 Å². The molecule has 0 bridgehead atoms.